The van der Waals surface area contributed by atoms with Gasteiger partial charge in [0.1, 0.15) is 0 Å². The quantitative estimate of drug-likeness (QED) is 0.596. The molecule has 0 bridgehead atoms. The minimum atomic E-state index is -4.17. The molecule has 0 amide bonds. The van der Waals surface area contributed by atoms with Crippen molar-refractivity contribution in [2.75, 3.05) is 19.7 Å². The molecule has 0 radical (unpaired) electrons. The van der Waals surface area contributed by atoms with Crippen LogP contribution in [0.1, 0.15) is 10.4 Å². The lowest BCUT2D eigenvalue weighted by Crippen LogP contribution is -2.18. The van der Waals surface area contributed by atoms with Crippen LogP contribution in [0, 0.1) is 0 Å². The number of rotatable bonds is 4. The molecule has 110 valence electrons. The Bertz CT molecular complexity index is 626. The van der Waals surface area contributed by atoms with Gasteiger partial charge in [-0.1, -0.05) is 0 Å². The summed E-state index contributed by atoms with van der Waals surface area (Å²) in [6.07, 6.45) is -1.03. The van der Waals surface area contributed by atoms with E-state index >= 15 is 0 Å². The third-order valence-corrected chi connectivity index (χ3v) is 3.06. The van der Waals surface area contributed by atoms with Gasteiger partial charge in [-0.15, -0.1) is 0 Å². The van der Waals surface area contributed by atoms with Crippen molar-refractivity contribution in [1.82, 2.24) is 0 Å². The highest BCUT2D eigenvalue weighted by Crippen LogP contribution is 2.20. The lowest BCUT2D eigenvalue weighted by atomic mass is 10.2. The number of anilines is 1. The van der Waals surface area contributed by atoms with Crippen LogP contribution in [0.4, 0.5) is 10.5 Å². The highest BCUT2D eigenvalue weighted by Gasteiger charge is 2.20. The van der Waals surface area contributed by atoms with E-state index in [-0.39, 0.29) is 11.3 Å². The molecule has 0 aliphatic heterocycles. The standard InChI is InChI=1S/C10H12N2O7S/c1-17-9(13)7-4-3-6(12-19-10(14)18-2)5-8(7)20(11,15)16/h3-5,12H,1-2H3,(H2,11,15,16). The fraction of sp³-hybridized carbons (Fsp3) is 0.200. The van der Waals surface area contributed by atoms with Gasteiger partial charge in [0.15, 0.2) is 0 Å². The molecule has 0 aromatic heterocycles. The maximum atomic E-state index is 11.4. The highest BCUT2D eigenvalue weighted by molar-refractivity contribution is 7.89. The van der Waals surface area contributed by atoms with Crippen molar-refractivity contribution in [3.8, 4) is 0 Å². The molecule has 10 heteroatoms. The predicted molar refractivity (Wildman–Crippen MR) is 66.3 cm³/mol. The largest absolute Gasteiger partial charge is 0.532 e. The van der Waals surface area contributed by atoms with E-state index in [2.05, 4.69) is 19.8 Å². The molecule has 0 unspecified atom stereocenters. The van der Waals surface area contributed by atoms with Gasteiger partial charge in [-0.3, -0.25) is 0 Å². The van der Waals surface area contributed by atoms with E-state index in [1.54, 1.807) is 0 Å². The number of ether oxygens (including phenoxy) is 2. The van der Waals surface area contributed by atoms with Crippen molar-refractivity contribution in [3.63, 3.8) is 0 Å². The van der Waals surface area contributed by atoms with Crippen molar-refractivity contribution >= 4 is 27.8 Å². The average molecular weight is 304 g/mol. The second-order valence-electron chi connectivity index (χ2n) is 3.41. The fourth-order valence-electron chi connectivity index (χ4n) is 1.24. The first-order chi connectivity index (χ1) is 9.29. The number of carbonyl (C=O) groups excluding carboxylic acids is 2. The number of hydrogen-bond acceptors (Lipinski definition) is 8. The second kappa shape index (κ2) is 6.21. The first-order valence-electron chi connectivity index (χ1n) is 5.05. The molecule has 0 heterocycles. The van der Waals surface area contributed by atoms with E-state index in [4.69, 9.17) is 5.14 Å². The Hall–Kier alpha value is -2.33. The Kier molecular flexibility index (Phi) is 4.88. The summed E-state index contributed by atoms with van der Waals surface area (Å²) >= 11 is 0. The number of sulfonamides is 1. The molecular weight excluding hydrogens is 292 g/mol. The lowest BCUT2D eigenvalue weighted by Gasteiger charge is -2.10. The Morgan fingerprint density at radius 2 is 1.85 bits per heavy atom. The molecular formula is C10H12N2O7S. The molecule has 0 aliphatic carbocycles. The molecule has 0 spiro atoms. The van der Waals surface area contributed by atoms with Crippen molar-refractivity contribution in [2.45, 2.75) is 4.90 Å². The Morgan fingerprint density at radius 3 is 2.35 bits per heavy atom. The topological polar surface area (TPSA) is 134 Å². The van der Waals surface area contributed by atoms with Crippen LogP contribution in [-0.4, -0.2) is 34.8 Å². The van der Waals surface area contributed by atoms with Gasteiger partial charge >= 0.3 is 12.1 Å². The van der Waals surface area contributed by atoms with E-state index in [1.165, 1.54) is 6.07 Å². The number of methoxy groups -OCH3 is 2. The van der Waals surface area contributed by atoms with Crippen LogP contribution in [0.15, 0.2) is 23.1 Å². The number of primary sulfonamides is 1. The van der Waals surface area contributed by atoms with Gasteiger partial charge in [0, 0.05) is 0 Å². The van der Waals surface area contributed by atoms with Gasteiger partial charge in [-0.05, 0) is 18.2 Å². The van der Waals surface area contributed by atoms with Crippen LogP contribution in [0.2, 0.25) is 0 Å². The normalized spacial score (nSPS) is 10.6. The summed E-state index contributed by atoms with van der Waals surface area (Å²) in [4.78, 5) is 26.1. The van der Waals surface area contributed by atoms with Gasteiger partial charge in [-0.25, -0.2) is 28.6 Å². The highest BCUT2D eigenvalue weighted by atomic mass is 32.2. The number of esters is 1. The number of carbonyl (C=O) groups is 2. The molecule has 0 fully saturated rings. The number of benzene rings is 1. The smallest absolute Gasteiger partial charge is 0.465 e. The van der Waals surface area contributed by atoms with Gasteiger partial charge in [0.05, 0.1) is 30.4 Å². The van der Waals surface area contributed by atoms with Crippen molar-refractivity contribution in [2.24, 2.45) is 5.14 Å². The molecule has 1 rings (SSSR count). The van der Waals surface area contributed by atoms with Crippen molar-refractivity contribution in [3.05, 3.63) is 23.8 Å². The van der Waals surface area contributed by atoms with E-state index in [0.717, 1.165) is 26.4 Å². The lowest BCUT2D eigenvalue weighted by molar-refractivity contribution is 0.0596. The molecule has 0 saturated heterocycles. The third-order valence-electron chi connectivity index (χ3n) is 2.11. The van der Waals surface area contributed by atoms with Crippen LogP contribution in [0.5, 0.6) is 0 Å². The van der Waals surface area contributed by atoms with Gasteiger partial charge < -0.3 is 14.3 Å². The molecule has 0 aliphatic rings. The second-order valence-corrected chi connectivity index (χ2v) is 4.94. The van der Waals surface area contributed by atoms with E-state index < -0.39 is 27.0 Å². The van der Waals surface area contributed by atoms with E-state index in [9.17, 15) is 18.0 Å². The number of nitrogens with two attached hydrogens (primary N) is 1. The summed E-state index contributed by atoms with van der Waals surface area (Å²) in [6, 6.07) is 3.48. The molecule has 1 aromatic carbocycles. The number of nitrogens with one attached hydrogen (secondary N) is 1. The van der Waals surface area contributed by atoms with Crippen LogP contribution >= 0.6 is 0 Å². The van der Waals surface area contributed by atoms with Crippen LogP contribution in [0.25, 0.3) is 0 Å². The van der Waals surface area contributed by atoms with E-state index in [0.29, 0.717) is 0 Å². The summed E-state index contributed by atoms with van der Waals surface area (Å²) in [7, 11) is -1.97. The zero-order valence-corrected chi connectivity index (χ0v) is 11.4. The average Bonchev–Trinajstić information content (AvgIpc) is 2.42. The first-order valence-corrected chi connectivity index (χ1v) is 6.60. The summed E-state index contributed by atoms with van der Waals surface area (Å²) in [5.41, 5.74) is 1.98. The van der Waals surface area contributed by atoms with Gasteiger partial charge in [-0.2, -0.15) is 0 Å². The maximum absolute atomic E-state index is 11.4. The van der Waals surface area contributed by atoms with Gasteiger partial charge in [0.2, 0.25) is 10.0 Å². The minimum Gasteiger partial charge on any atom is -0.465 e. The summed E-state index contributed by atoms with van der Waals surface area (Å²) < 4.78 is 31.5. The zero-order valence-electron chi connectivity index (χ0n) is 10.6. The van der Waals surface area contributed by atoms with Crippen LogP contribution < -0.4 is 10.6 Å². The monoisotopic (exact) mass is 304 g/mol. The molecule has 1 aromatic rings. The Labute approximate surface area is 114 Å². The first kappa shape index (κ1) is 15.7. The summed E-state index contributed by atoms with van der Waals surface area (Å²) in [5, 5.41) is 5.01. The molecule has 0 saturated carbocycles. The molecule has 3 N–H and O–H groups in total. The molecule has 9 nitrogen and oxygen atoms in total. The Balaban J connectivity index is 3.15. The van der Waals surface area contributed by atoms with Crippen LogP contribution in [-0.2, 0) is 24.3 Å². The maximum Gasteiger partial charge on any atom is 0.532 e. The SMILES string of the molecule is COC(=O)ONc1ccc(C(=O)OC)c(S(N)(=O)=O)c1. The minimum absolute atomic E-state index is 0.0760. The van der Waals surface area contributed by atoms with Gasteiger partial charge in [0.25, 0.3) is 0 Å². The van der Waals surface area contributed by atoms with E-state index in [1.807, 2.05) is 0 Å². The number of hydrogen-bond donors (Lipinski definition) is 2. The fourth-order valence-corrected chi connectivity index (χ4v) is 1.99. The third kappa shape index (κ3) is 3.83. The predicted octanol–water partition coefficient (Wildman–Crippen LogP) is 0.230. The molecule has 20 heavy (non-hydrogen) atoms. The summed E-state index contributed by atoms with van der Waals surface area (Å²) in [6.45, 7) is 0. The Morgan fingerprint density at radius 1 is 1.20 bits per heavy atom. The molecule has 0 atom stereocenters. The van der Waals surface area contributed by atoms with Crippen molar-refractivity contribution in [1.29, 1.82) is 0 Å². The zero-order chi connectivity index (χ0) is 15.3. The summed E-state index contributed by atoms with van der Waals surface area (Å²) in [5.74, 6) is -0.866. The van der Waals surface area contributed by atoms with Crippen LogP contribution in [0.3, 0.4) is 0 Å². The van der Waals surface area contributed by atoms with Crippen molar-refractivity contribution < 1.29 is 32.3 Å².